The number of benzene rings is 2. The van der Waals surface area contributed by atoms with Gasteiger partial charge < -0.3 is 15.0 Å². The molecule has 0 unspecified atom stereocenters. The van der Waals surface area contributed by atoms with Crippen LogP contribution in [0.3, 0.4) is 0 Å². The minimum absolute atomic E-state index is 0.192. The highest BCUT2D eigenvalue weighted by atomic mass is 19.1. The quantitative estimate of drug-likeness (QED) is 0.381. The molecule has 1 fully saturated rings. The van der Waals surface area contributed by atoms with Crippen molar-refractivity contribution in [2.75, 3.05) is 13.1 Å². The van der Waals surface area contributed by atoms with E-state index in [-0.39, 0.29) is 17.3 Å². The van der Waals surface area contributed by atoms with Crippen LogP contribution in [0.1, 0.15) is 38.7 Å². The summed E-state index contributed by atoms with van der Waals surface area (Å²) in [5, 5.41) is 13.2. The molecule has 0 radical (unpaired) electrons. The van der Waals surface area contributed by atoms with Crippen molar-refractivity contribution in [3.05, 3.63) is 70.3 Å². The number of carbonyl (C=O) groups is 1. The lowest BCUT2D eigenvalue weighted by atomic mass is 9.89. The number of nitrogens with one attached hydrogen (secondary N) is 2. The molecular formula is C27H30FN5O3. The predicted molar refractivity (Wildman–Crippen MR) is 135 cm³/mol. The van der Waals surface area contributed by atoms with Gasteiger partial charge in [0.15, 0.2) is 0 Å². The zero-order valence-corrected chi connectivity index (χ0v) is 20.4. The Hall–Kier alpha value is -3.72. The standard InChI is InChI=1S/C27H30FN5O3/c1-27(2,36)25(35)32-15-13-17(14-16-32)7-12-20-23(18-8-10-19(28)11-9-18)31-33(24(20)34)26-29-21-5-3-4-6-22(21)30-26/h3-6,8-11,17,31,36H,7,12-16H2,1-2H3,(H,29,30). The molecule has 4 aromatic rings. The molecule has 0 aliphatic carbocycles. The normalized spacial score (nSPS) is 15.1. The summed E-state index contributed by atoms with van der Waals surface area (Å²) in [6.45, 7) is 4.21. The van der Waals surface area contributed by atoms with Crippen LogP contribution in [0.2, 0.25) is 0 Å². The molecular weight excluding hydrogens is 461 g/mol. The average Bonchev–Trinajstić information content (AvgIpc) is 3.43. The molecule has 188 valence electrons. The molecule has 36 heavy (non-hydrogen) atoms. The second-order valence-corrected chi connectivity index (χ2v) is 10.0. The van der Waals surface area contributed by atoms with E-state index in [0.717, 1.165) is 35.9 Å². The van der Waals surface area contributed by atoms with Crippen LogP contribution in [-0.2, 0) is 11.2 Å². The van der Waals surface area contributed by atoms with Gasteiger partial charge in [0.1, 0.15) is 11.4 Å². The summed E-state index contributed by atoms with van der Waals surface area (Å²) in [6, 6.07) is 13.6. The lowest BCUT2D eigenvalue weighted by molar-refractivity contribution is -0.149. The molecule has 1 aliphatic rings. The maximum absolute atomic E-state index is 13.6. The number of aliphatic hydroxyl groups is 1. The Kier molecular flexibility index (Phi) is 6.26. The lowest BCUT2D eigenvalue weighted by Gasteiger charge is -2.35. The Morgan fingerprint density at radius 2 is 1.83 bits per heavy atom. The van der Waals surface area contributed by atoms with Crippen molar-refractivity contribution in [3.8, 4) is 17.2 Å². The highest BCUT2D eigenvalue weighted by Gasteiger charge is 2.32. The number of halogens is 1. The highest BCUT2D eigenvalue weighted by Crippen LogP contribution is 2.27. The molecule has 2 aromatic carbocycles. The Balaban J connectivity index is 1.40. The summed E-state index contributed by atoms with van der Waals surface area (Å²) in [6.07, 6.45) is 2.96. The second-order valence-electron chi connectivity index (χ2n) is 10.0. The smallest absolute Gasteiger partial charge is 0.277 e. The molecule has 1 aliphatic heterocycles. The maximum Gasteiger partial charge on any atom is 0.277 e. The van der Waals surface area contributed by atoms with Crippen molar-refractivity contribution in [2.24, 2.45) is 5.92 Å². The molecule has 1 saturated heterocycles. The minimum atomic E-state index is -1.37. The first-order valence-electron chi connectivity index (χ1n) is 12.3. The predicted octanol–water partition coefficient (Wildman–Crippen LogP) is 3.79. The van der Waals surface area contributed by atoms with Crippen molar-refractivity contribution in [3.63, 3.8) is 0 Å². The number of aromatic nitrogens is 4. The zero-order valence-electron chi connectivity index (χ0n) is 20.4. The van der Waals surface area contributed by atoms with Crippen molar-refractivity contribution in [1.29, 1.82) is 0 Å². The third-order valence-electron chi connectivity index (χ3n) is 6.94. The molecule has 0 atom stereocenters. The summed E-state index contributed by atoms with van der Waals surface area (Å²) in [7, 11) is 0. The van der Waals surface area contributed by atoms with E-state index < -0.39 is 5.60 Å². The van der Waals surface area contributed by atoms with Crippen molar-refractivity contribution < 1.29 is 14.3 Å². The third-order valence-corrected chi connectivity index (χ3v) is 6.94. The van der Waals surface area contributed by atoms with Crippen LogP contribution in [-0.4, -0.2) is 54.4 Å². The summed E-state index contributed by atoms with van der Waals surface area (Å²) in [5.74, 6) is 0.158. The van der Waals surface area contributed by atoms with Crippen LogP contribution in [0.4, 0.5) is 4.39 Å². The van der Waals surface area contributed by atoms with Crippen LogP contribution in [0.15, 0.2) is 53.3 Å². The first kappa shape index (κ1) is 24.0. The fourth-order valence-electron chi connectivity index (χ4n) is 4.91. The van der Waals surface area contributed by atoms with Gasteiger partial charge in [0.2, 0.25) is 5.95 Å². The number of hydrogen-bond acceptors (Lipinski definition) is 4. The van der Waals surface area contributed by atoms with E-state index in [9.17, 15) is 19.1 Å². The summed E-state index contributed by atoms with van der Waals surface area (Å²) in [5.41, 5.74) is 2.01. The lowest BCUT2D eigenvalue weighted by Crippen LogP contribution is -2.48. The molecule has 3 N–H and O–H groups in total. The molecule has 5 rings (SSSR count). The maximum atomic E-state index is 13.6. The van der Waals surface area contributed by atoms with Gasteiger partial charge in [-0.3, -0.25) is 14.7 Å². The van der Waals surface area contributed by atoms with Crippen LogP contribution in [0.25, 0.3) is 28.2 Å². The molecule has 0 spiro atoms. The number of carbonyl (C=O) groups excluding carboxylic acids is 1. The third kappa shape index (κ3) is 4.70. The van der Waals surface area contributed by atoms with Gasteiger partial charge in [0.05, 0.1) is 16.7 Å². The summed E-state index contributed by atoms with van der Waals surface area (Å²) in [4.78, 5) is 35.4. The fraction of sp³-hybridized carbons (Fsp3) is 0.370. The van der Waals surface area contributed by atoms with E-state index in [2.05, 4.69) is 15.1 Å². The van der Waals surface area contributed by atoms with E-state index in [1.54, 1.807) is 17.0 Å². The molecule has 2 aromatic heterocycles. The molecule has 0 saturated carbocycles. The van der Waals surface area contributed by atoms with Crippen molar-refractivity contribution >= 4 is 16.9 Å². The van der Waals surface area contributed by atoms with Gasteiger partial charge in [-0.1, -0.05) is 12.1 Å². The molecule has 9 heteroatoms. The monoisotopic (exact) mass is 491 g/mol. The van der Waals surface area contributed by atoms with Gasteiger partial charge in [-0.15, -0.1) is 0 Å². The highest BCUT2D eigenvalue weighted by molar-refractivity contribution is 5.84. The van der Waals surface area contributed by atoms with Gasteiger partial charge in [0.25, 0.3) is 11.5 Å². The van der Waals surface area contributed by atoms with Gasteiger partial charge in [0, 0.05) is 24.2 Å². The first-order valence-corrected chi connectivity index (χ1v) is 12.3. The SMILES string of the molecule is CC(C)(O)C(=O)N1CCC(CCc2c(-c3ccc(F)cc3)[nH]n(-c3nc4ccccc4[nH]3)c2=O)CC1. The molecule has 8 nitrogen and oxygen atoms in total. The van der Waals surface area contributed by atoms with Crippen molar-refractivity contribution in [2.45, 2.75) is 45.1 Å². The second kappa shape index (κ2) is 9.39. The number of imidazole rings is 1. The van der Waals surface area contributed by atoms with Gasteiger partial charge >= 0.3 is 0 Å². The van der Waals surface area contributed by atoms with Gasteiger partial charge in [-0.2, -0.15) is 4.68 Å². The van der Waals surface area contributed by atoms with Crippen LogP contribution in [0.5, 0.6) is 0 Å². The van der Waals surface area contributed by atoms with E-state index >= 15 is 0 Å². The Labute approximate surface area is 207 Å². The molecule has 3 heterocycles. The largest absolute Gasteiger partial charge is 0.381 e. The zero-order chi connectivity index (χ0) is 25.4. The van der Waals surface area contributed by atoms with Crippen LogP contribution < -0.4 is 5.56 Å². The summed E-state index contributed by atoms with van der Waals surface area (Å²) < 4.78 is 15.0. The Morgan fingerprint density at radius 3 is 2.50 bits per heavy atom. The van der Waals surface area contributed by atoms with Crippen LogP contribution >= 0.6 is 0 Å². The first-order chi connectivity index (χ1) is 17.2. The topological polar surface area (TPSA) is 107 Å². The summed E-state index contributed by atoms with van der Waals surface area (Å²) >= 11 is 0. The number of aromatic amines is 2. The number of hydrogen-bond donors (Lipinski definition) is 3. The number of H-pyrrole nitrogens is 2. The van der Waals surface area contributed by atoms with E-state index in [4.69, 9.17) is 0 Å². The number of para-hydroxylation sites is 2. The van der Waals surface area contributed by atoms with E-state index in [1.807, 2.05) is 24.3 Å². The minimum Gasteiger partial charge on any atom is -0.381 e. The van der Waals surface area contributed by atoms with E-state index in [0.29, 0.717) is 42.6 Å². The van der Waals surface area contributed by atoms with Gasteiger partial charge in [-0.05, 0) is 81.8 Å². The average molecular weight is 492 g/mol. The number of rotatable bonds is 6. The Morgan fingerprint density at radius 1 is 1.14 bits per heavy atom. The number of piperidine rings is 1. The number of likely N-dealkylation sites (tertiary alicyclic amines) is 1. The fourth-order valence-corrected chi connectivity index (χ4v) is 4.91. The van der Waals surface area contributed by atoms with Gasteiger partial charge in [-0.25, -0.2) is 9.37 Å². The number of amides is 1. The van der Waals surface area contributed by atoms with Crippen molar-refractivity contribution in [1.82, 2.24) is 24.6 Å². The van der Waals surface area contributed by atoms with Crippen LogP contribution in [0, 0.1) is 11.7 Å². The molecule has 1 amide bonds. The number of fused-ring (bicyclic) bond motifs is 1. The van der Waals surface area contributed by atoms with E-state index in [1.165, 1.54) is 30.7 Å². The molecule has 0 bridgehead atoms. The Bertz CT molecular complexity index is 1400. The number of nitrogens with zero attached hydrogens (tertiary/aromatic N) is 3.